The van der Waals surface area contributed by atoms with Gasteiger partial charge in [0.15, 0.2) is 0 Å². The molecule has 5 aromatic rings. The lowest BCUT2D eigenvalue weighted by Crippen LogP contribution is -2.40. The summed E-state index contributed by atoms with van der Waals surface area (Å²) >= 11 is 0. The van der Waals surface area contributed by atoms with Crippen LogP contribution in [0.25, 0.3) is 33.4 Å². The highest BCUT2D eigenvalue weighted by molar-refractivity contribution is 7.92. The molecule has 0 aliphatic carbocycles. The van der Waals surface area contributed by atoms with E-state index in [1.54, 1.807) is 56.4 Å². The molecular formula is C37H39N3O6S. The van der Waals surface area contributed by atoms with Gasteiger partial charge in [0.1, 0.15) is 22.8 Å². The van der Waals surface area contributed by atoms with E-state index in [1.165, 1.54) is 4.31 Å². The number of ether oxygens (including phenoxy) is 1. The minimum absolute atomic E-state index is 0.153. The number of carbonyl (C=O) groups excluding carboxylic acids is 2. The molecule has 10 heteroatoms. The van der Waals surface area contributed by atoms with Gasteiger partial charge in [-0.3, -0.25) is 13.9 Å². The molecule has 5 rings (SSSR count). The van der Waals surface area contributed by atoms with Crippen molar-refractivity contribution in [3.8, 4) is 33.9 Å². The molecular weight excluding hydrogens is 614 g/mol. The van der Waals surface area contributed by atoms with E-state index in [9.17, 15) is 18.0 Å². The number of amides is 2. The summed E-state index contributed by atoms with van der Waals surface area (Å²) in [6.45, 7) is 9.57. The van der Waals surface area contributed by atoms with Gasteiger partial charge in [-0.25, -0.2) is 8.42 Å². The predicted molar refractivity (Wildman–Crippen MR) is 187 cm³/mol. The van der Waals surface area contributed by atoms with Crippen LogP contribution in [0.15, 0.2) is 89.3 Å². The Bertz CT molecular complexity index is 2080. The normalized spacial score (nSPS) is 11.7. The number of hydrogen-bond acceptors (Lipinski definition) is 6. The number of sulfonamides is 1. The molecule has 1 heterocycles. The Morgan fingerprint density at radius 3 is 2.19 bits per heavy atom. The first-order valence-electron chi connectivity index (χ1n) is 15.3. The summed E-state index contributed by atoms with van der Waals surface area (Å²) in [6.07, 6.45) is 1.14. The number of aryl methyl sites for hydroxylation is 1. The molecule has 0 fully saturated rings. The topological polar surface area (TPSA) is 118 Å². The van der Waals surface area contributed by atoms with Crippen LogP contribution in [-0.2, 0) is 10.0 Å². The molecule has 0 aliphatic rings. The van der Waals surface area contributed by atoms with Gasteiger partial charge in [-0.2, -0.15) is 0 Å². The Balaban J connectivity index is 1.68. The van der Waals surface area contributed by atoms with Crippen LogP contribution in [0.2, 0.25) is 0 Å². The first-order chi connectivity index (χ1) is 22.2. The van der Waals surface area contributed by atoms with Crippen LogP contribution >= 0.6 is 0 Å². The summed E-state index contributed by atoms with van der Waals surface area (Å²) < 4.78 is 39.6. The smallest absolute Gasteiger partial charge is 0.255 e. The van der Waals surface area contributed by atoms with Crippen molar-refractivity contribution >= 4 is 38.5 Å². The highest BCUT2D eigenvalue weighted by atomic mass is 32.2. The van der Waals surface area contributed by atoms with Crippen LogP contribution in [0.5, 0.6) is 11.5 Å². The second-order valence-corrected chi connectivity index (χ2v) is 14.3. The van der Waals surface area contributed by atoms with E-state index >= 15 is 0 Å². The van der Waals surface area contributed by atoms with Gasteiger partial charge in [-0.15, -0.1) is 0 Å². The highest BCUT2D eigenvalue weighted by Gasteiger charge is 2.27. The zero-order chi connectivity index (χ0) is 34.1. The van der Waals surface area contributed by atoms with Gasteiger partial charge in [0.2, 0.25) is 10.0 Å². The van der Waals surface area contributed by atoms with E-state index in [2.05, 4.69) is 10.6 Å². The molecule has 0 unspecified atom stereocenters. The number of furan rings is 1. The summed E-state index contributed by atoms with van der Waals surface area (Å²) in [7, 11) is -2.17. The maximum absolute atomic E-state index is 13.4. The van der Waals surface area contributed by atoms with Crippen LogP contribution in [0.3, 0.4) is 0 Å². The lowest BCUT2D eigenvalue weighted by Gasteiger charge is -2.24. The number of benzene rings is 4. The molecule has 2 N–H and O–H groups in total. The third-order valence-corrected chi connectivity index (χ3v) is 8.74. The van der Waals surface area contributed by atoms with Crippen molar-refractivity contribution in [2.45, 2.75) is 40.2 Å². The summed E-state index contributed by atoms with van der Waals surface area (Å²) in [6, 6.07) is 25.3. The third-order valence-electron chi connectivity index (χ3n) is 7.48. The number of rotatable bonds is 9. The number of hydrogen-bond donors (Lipinski definition) is 2. The molecule has 0 atom stereocenters. The standard InChI is InChI=1S/C37H39N3O6S/c1-8-40(47(7,43)44)31-22-32-30(21-29(31)25-12-10-13-26(20-25)35(41)39-37(3,4)5)33(36(42)38-6)34(46-32)24-15-17-27(18-16-24)45-28-14-9-11-23(2)19-28/h9-22H,8H2,1-7H3,(H,38,42)(H,39,41). The highest BCUT2D eigenvalue weighted by Crippen LogP contribution is 2.42. The molecule has 0 saturated heterocycles. The molecule has 0 spiro atoms. The summed E-state index contributed by atoms with van der Waals surface area (Å²) in [4.78, 5) is 26.5. The van der Waals surface area contributed by atoms with Gasteiger partial charge in [0.05, 0.1) is 17.5 Å². The maximum atomic E-state index is 13.4. The Labute approximate surface area is 275 Å². The molecule has 0 radical (unpaired) electrons. The molecule has 4 aromatic carbocycles. The number of nitrogens with one attached hydrogen (secondary N) is 2. The van der Waals surface area contributed by atoms with Crippen molar-refractivity contribution in [1.29, 1.82) is 0 Å². The molecule has 1 aromatic heterocycles. The predicted octanol–water partition coefficient (Wildman–Crippen LogP) is 7.54. The van der Waals surface area contributed by atoms with E-state index in [-0.39, 0.29) is 18.4 Å². The first kappa shape index (κ1) is 33.3. The minimum Gasteiger partial charge on any atom is -0.457 e. The zero-order valence-electron chi connectivity index (χ0n) is 27.6. The summed E-state index contributed by atoms with van der Waals surface area (Å²) in [5, 5.41) is 6.17. The fraction of sp³-hybridized carbons (Fsp3) is 0.243. The van der Waals surface area contributed by atoms with Crippen LogP contribution < -0.4 is 19.7 Å². The number of carbonyl (C=O) groups is 2. The van der Waals surface area contributed by atoms with Crippen molar-refractivity contribution in [3.63, 3.8) is 0 Å². The second kappa shape index (κ2) is 13.0. The van der Waals surface area contributed by atoms with Crippen LogP contribution in [-0.4, -0.2) is 45.6 Å². The lowest BCUT2D eigenvalue weighted by molar-refractivity contribution is 0.0918. The molecule has 244 valence electrons. The molecule has 47 heavy (non-hydrogen) atoms. The summed E-state index contributed by atoms with van der Waals surface area (Å²) in [5.74, 6) is 1.02. The Morgan fingerprint density at radius 2 is 1.57 bits per heavy atom. The average molecular weight is 654 g/mol. The second-order valence-electron chi connectivity index (χ2n) is 12.4. The molecule has 0 saturated carbocycles. The largest absolute Gasteiger partial charge is 0.457 e. The van der Waals surface area contributed by atoms with E-state index in [0.717, 1.165) is 11.8 Å². The van der Waals surface area contributed by atoms with Gasteiger partial charge in [-0.05, 0) is 100 Å². The minimum atomic E-state index is -3.71. The van der Waals surface area contributed by atoms with Crippen LogP contribution in [0, 0.1) is 6.92 Å². The van der Waals surface area contributed by atoms with Gasteiger partial charge < -0.3 is 19.8 Å². The van der Waals surface area contributed by atoms with Crippen molar-refractivity contribution in [1.82, 2.24) is 10.6 Å². The van der Waals surface area contributed by atoms with Crippen LogP contribution in [0.1, 0.15) is 54.0 Å². The van der Waals surface area contributed by atoms with Crippen molar-refractivity contribution in [2.24, 2.45) is 0 Å². The lowest BCUT2D eigenvalue weighted by atomic mass is 9.97. The van der Waals surface area contributed by atoms with Gasteiger partial charge in [0.25, 0.3) is 11.8 Å². The molecule has 0 bridgehead atoms. The molecule has 9 nitrogen and oxygen atoms in total. The Morgan fingerprint density at radius 1 is 0.872 bits per heavy atom. The van der Waals surface area contributed by atoms with Crippen molar-refractivity contribution < 1.29 is 27.2 Å². The van der Waals surface area contributed by atoms with Crippen molar-refractivity contribution in [2.75, 3.05) is 24.2 Å². The summed E-state index contributed by atoms with van der Waals surface area (Å²) in [5.41, 5.74) is 3.80. The Kier molecular flexibility index (Phi) is 9.18. The SMILES string of the molecule is CCN(c1cc2oc(-c3ccc(Oc4cccc(C)c4)cc3)c(C(=O)NC)c2cc1-c1cccc(C(=O)NC(C)(C)C)c1)S(C)(=O)=O. The third kappa shape index (κ3) is 7.33. The first-order valence-corrected chi connectivity index (χ1v) is 17.1. The number of fused-ring (bicyclic) bond motifs is 1. The zero-order valence-corrected chi connectivity index (χ0v) is 28.4. The van der Waals surface area contributed by atoms with Crippen LogP contribution in [0.4, 0.5) is 5.69 Å². The fourth-order valence-electron chi connectivity index (χ4n) is 5.44. The number of anilines is 1. The van der Waals surface area contributed by atoms with E-state index in [0.29, 0.717) is 61.7 Å². The average Bonchev–Trinajstić information content (AvgIpc) is 3.38. The van der Waals surface area contributed by atoms with E-state index in [1.807, 2.05) is 70.2 Å². The maximum Gasteiger partial charge on any atom is 0.255 e. The monoisotopic (exact) mass is 653 g/mol. The fourth-order valence-corrected chi connectivity index (χ4v) is 6.41. The van der Waals surface area contributed by atoms with Gasteiger partial charge >= 0.3 is 0 Å². The van der Waals surface area contributed by atoms with E-state index in [4.69, 9.17) is 9.15 Å². The van der Waals surface area contributed by atoms with Crippen molar-refractivity contribution in [3.05, 3.63) is 102 Å². The van der Waals surface area contributed by atoms with Gasteiger partial charge in [0, 0.05) is 47.3 Å². The van der Waals surface area contributed by atoms with E-state index < -0.39 is 15.6 Å². The molecule has 2 amide bonds. The quantitative estimate of drug-likeness (QED) is 0.170. The van der Waals surface area contributed by atoms with Gasteiger partial charge in [-0.1, -0.05) is 24.3 Å². The number of nitrogens with zero attached hydrogens (tertiary/aromatic N) is 1. The Hall–Kier alpha value is -5.09. The molecule has 0 aliphatic heterocycles.